The molecule has 0 radical (unpaired) electrons. The highest BCUT2D eigenvalue weighted by atomic mass is 16.3. The third-order valence-corrected chi connectivity index (χ3v) is 2.33. The molecule has 0 amide bonds. The number of phenolic OH excluding ortho intramolecular Hbond substituents is 1. The van der Waals surface area contributed by atoms with Crippen molar-refractivity contribution in [2.24, 2.45) is 4.99 Å². The molecule has 0 saturated carbocycles. The average molecular weight is 202 g/mol. The van der Waals surface area contributed by atoms with E-state index in [0.29, 0.717) is 5.75 Å². The van der Waals surface area contributed by atoms with E-state index >= 15 is 0 Å². The Kier molecular flexibility index (Phi) is 2.56. The number of hydrogen-bond acceptors (Lipinski definition) is 3. The van der Waals surface area contributed by atoms with E-state index in [1.54, 1.807) is 18.3 Å². The van der Waals surface area contributed by atoms with Gasteiger partial charge in [-0.15, -0.1) is 0 Å². The molecule has 0 fully saturated rings. The van der Waals surface area contributed by atoms with E-state index in [1.165, 1.54) is 0 Å². The molecule has 0 bridgehead atoms. The maximum atomic E-state index is 9.73. The lowest BCUT2D eigenvalue weighted by Crippen LogP contribution is -2.11. The van der Waals surface area contributed by atoms with E-state index < -0.39 is 0 Å². The van der Waals surface area contributed by atoms with Gasteiger partial charge in [0.15, 0.2) is 0 Å². The molecule has 0 atom stereocenters. The van der Waals surface area contributed by atoms with Crippen LogP contribution >= 0.6 is 0 Å². The minimum Gasteiger partial charge on any atom is -0.507 e. The van der Waals surface area contributed by atoms with E-state index in [-0.39, 0.29) is 0 Å². The second-order valence-electron chi connectivity index (χ2n) is 3.85. The second kappa shape index (κ2) is 3.87. The molecule has 78 valence electrons. The van der Waals surface area contributed by atoms with Crippen molar-refractivity contribution in [3.63, 3.8) is 0 Å². The molecule has 15 heavy (non-hydrogen) atoms. The molecule has 0 aromatic heterocycles. The highest BCUT2D eigenvalue weighted by molar-refractivity contribution is 6.17. The van der Waals surface area contributed by atoms with Crippen molar-refractivity contribution in [3.8, 4) is 5.75 Å². The van der Waals surface area contributed by atoms with Gasteiger partial charge in [0.2, 0.25) is 0 Å². The second-order valence-corrected chi connectivity index (χ2v) is 3.85. The molecule has 0 aliphatic carbocycles. The summed E-state index contributed by atoms with van der Waals surface area (Å²) in [7, 11) is 4.02. The van der Waals surface area contributed by atoms with Crippen molar-refractivity contribution < 1.29 is 5.11 Å². The summed E-state index contributed by atoms with van der Waals surface area (Å²) in [6.07, 6.45) is 3.86. The van der Waals surface area contributed by atoms with Crippen molar-refractivity contribution in [2.75, 3.05) is 20.6 Å². The summed E-state index contributed by atoms with van der Waals surface area (Å²) in [5.41, 5.74) is 2.69. The van der Waals surface area contributed by atoms with Gasteiger partial charge in [0.25, 0.3) is 0 Å². The summed E-state index contributed by atoms with van der Waals surface area (Å²) in [5, 5.41) is 9.73. The summed E-state index contributed by atoms with van der Waals surface area (Å²) >= 11 is 0. The maximum Gasteiger partial charge on any atom is 0.125 e. The molecule has 1 aliphatic rings. The first-order valence-corrected chi connectivity index (χ1v) is 4.90. The van der Waals surface area contributed by atoms with Gasteiger partial charge in [-0.05, 0) is 26.2 Å². The van der Waals surface area contributed by atoms with Crippen LogP contribution in [-0.2, 0) is 0 Å². The van der Waals surface area contributed by atoms with Crippen LogP contribution < -0.4 is 0 Å². The number of fused-ring (bicyclic) bond motifs is 1. The van der Waals surface area contributed by atoms with Crippen molar-refractivity contribution >= 4 is 17.5 Å². The van der Waals surface area contributed by atoms with Gasteiger partial charge in [0, 0.05) is 18.3 Å². The van der Waals surface area contributed by atoms with Crippen LogP contribution in [0.3, 0.4) is 0 Å². The van der Waals surface area contributed by atoms with Crippen molar-refractivity contribution in [2.45, 2.75) is 0 Å². The molecule has 2 rings (SSSR count). The predicted molar refractivity (Wildman–Crippen MR) is 62.8 cm³/mol. The molecule has 3 nitrogen and oxygen atoms in total. The normalized spacial score (nSPS) is 16.3. The molecule has 0 spiro atoms. The third kappa shape index (κ3) is 1.92. The van der Waals surface area contributed by atoms with Crippen LogP contribution in [0.4, 0.5) is 5.69 Å². The Bertz CT molecular complexity index is 433. The van der Waals surface area contributed by atoms with Crippen LogP contribution in [0.1, 0.15) is 5.56 Å². The Labute approximate surface area is 89.4 Å². The van der Waals surface area contributed by atoms with Crippen molar-refractivity contribution in [3.05, 3.63) is 29.8 Å². The first kappa shape index (κ1) is 9.93. The van der Waals surface area contributed by atoms with Gasteiger partial charge in [-0.1, -0.05) is 12.1 Å². The zero-order valence-corrected chi connectivity index (χ0v) is 8.94. The van der Waals surface area contributed by atoms with E-state index in [0.717, 1.165) is 23.4 Å². The van der Waals surface area contributed by atoms with Gasteiger partial charge < -0.3 is 10.0 Å². The highest BCUT2D eigenvalue weighted by Gasteiger charge is 2.15. The fourth-order valence-corrected chi connectivity index (χ4v) is 1.57. The van der Waals surface area contributed by atoms with Gasteiger partial charge in [0.05, 0.1) is 11.3 Å². The zero-order valence-electron chi connectivity index (χ0n) is 8.94. The Morgan fingerprint density at radius 2 is 2.20 bits per heavy atom. The number of aliphatic imine (C=N–C) groups is 1. The van der Waals surface area contributed by atoms with E-state index in [2.05, 4.69) is 16.0 Å². The summed E-state index contributed by atoms with van der Waals surface area (Å²) in [6, 6.07) is 5.40. The Hall–Kier alpha value is -1.61. The van der Waals surface area contributed by atoms with E-state index in [9.17, 15) is 5.11 Å². The molecular weight excluding hydrogens is 188 g/mol. The SMILES string of the molecule is CN(C)C/C=C1\C=Nc2cccc(O)c21. The summed E-state index contributed by atoms with van der Waals surface area (Å²) in [4.78, 5) is 6.32. The summed E-state index contributed by atoms with van der Waals surface area (Å²) < 4.78 is 0. The Balaban J connectivity index is 2.35. The van der Waals surface area contributed by atoms with Crippen LogP contribution in [-0.4, -0.2) is 36.9 Å². The van der Waals surface area contributed by atoms with Crippen LogP contribution in [0.2, 0.25) is 0 Å². The smallest absolute Gasteiger partial charge is 0.125 e. The van der Waals surface area contributed by atoms with Crippen molar-refractivity contribution in [1.82, 2.24) is 4.90 Å². The summed E-state index contributed by atoms with van der Waals surface area (Å²) in [5.74, 6) is 0.301. The number of allylic oxidation sites excluding steroid dienone is 1. The molecule has 1 N–H and O–H groups in total. The fourth-order valence-electron chi connectivity index (χ4n) is 1.57. The number of phenols is 1. The minimum absolute atomic E-state index is 0.301. The molecule has 1 aromatic rings. The number of likely N-dealkylation sites (N-methyl/N-ethyl adjacent to an activating group) is 1. The van der Waals surface area contributed by atoms with Gasteiger partial charge in [-0.25, -0.2) is 0 Å². The largest absolute Gasteiger partial charge is 0.507 e. The minimum atomic E-state index is 0.301. The lowest BCUT2D eigenvalue weighted by Gasteiger charge is -2.06. The van der Waals surface area contributed by atoms with Crippen LogP contribution in [0.5, 0.6) is 5.75 Å². The average Bonchev–Trinajstić information content (AvgIpc) is 2.59. The first-order chi connectivity index (χ1) is 7.18. The number of aromatic hydroxyl groups is 1. The predicted octanol–water partition coefficient (Wildman–Crippen LogP) is 2.05. The van der Waals surface area contributed by atoms with Gasteiger partial charge >= 0.3 is 0 Å². The summed E-state index contributed by atoms with van der Waals surface area (Å²) in [6.45, 7) is 0.842. The van der Waals surface area contributed by atoms with E-state index in [4.69, 9.17) is 0 Å². The molecule has 0 unspecified atom stereocenters. The lowest BCUT2D eigenvalue weighted by atomic mass is 10.1. The maximum absolute atomic E-state index is 9.73. The molecule has 3 heteroatoms. The van der Waals surface area contributed by atoms with Gasteiger partial charge in [-0.3, -0.25) is 4.99 Å². The fraction of sp³-hybridized carbons (Fsp3) is 0.250. The monoisotopic (exact) mass is 202 g/mol. The van der Waals surface area contributed by atoms with Crippen LogP contribution in [0.15, 0.2) is 29.3 Å². The van der Waals surface area contributed by atoms with Gasteiger partial charge in [-0.2, -0.15) is 0 Å². The topological polar surface area (TPSA) is 35.8 Å². The van der Waals surface area contributed by atoms with Gasteiger partial charge in [0.1, 0.15) is 5.75 Å². The number of benzene rings is 1. The zero-order chi connectivity index (χ0) is 10.8. The standard InChI is InChI=1S/C12H14N2O/c1-14(2)7-6-9-8-13-10-4-3-5-11(15)12(9)10/h3-6,8,15H,7H2,1-2H3/b9-6+. The first-order valence-electron chi connectivity index (χ1n) is 4.90. The van der Waals surface area contributed by atoms with Crippen LogP contribution in [0.25, 0.3) is 5.57 Å². The molecule has 1 heterocycles. The molecular formula is C12H14N2O. The Morgan fingerprint density at radius 3 is 2.93 bits per heavy atom. The molecule has 1 aromatic carbocycles. The third-order valence-electron chi connectivity index (χ3n) is 2.33. The highest BCUT2D eigenvalue weighted by Crippen LogP contribution is 2.37. The lowest BCUT2D eigenvalue weighted by molar-refractivity contribution is 0.456. The van der Waals surface area contributed by atoms with E-state index in [1.807, 2.05) is 20.2 Å². The number of rotatable bonds is 2. The van der Waals surface area contributed by atoms with Crippen molar-refractivity contribution in [1.29, 1.82) is 0 Å². The number of hydrogen-bond donors (Lipinski definition) is 1. The molecule has 0 saturated heterocycles. The molecule has 1 aliphatic heterocycles. The van der Waals surface area contributed by atoms with Crippen LogP contribution in [0, 0.1) is 0 Å². The number of nitrogens with zero attached hydrogens (tertiary/aromatic N) is 2. The Morgan fingerprint density at radius 1 is 1.40 bits per heavy atom. The quantitative estimate of drug-likeness (QED) is 0.796.